The third kappa shape index (κ3) is 5.14. The van der Waals surface area contributed by atoms with Crippen molar-refractivity contribution in [3.05, 3.63) is 11.1 Å². The highest BCUT2D eigenvalue weighted by Crippen LogP contribution is 2.17. The molecule has 0 aliphatic rings. The molecule has 1 rings (SSSR count). The van der Waals surface area contributed by atoms with Crippen LogP contribution >= 0.6 is 11.3 Å². The van der Waals surface area contributed by atoms with E-state index in [0.29, 0.717) is 6.04 Å². The van der Waals surface area contributed by atoms with E-state index in [1.165, 1.54) is 18.4 Å². The summed E-state index contributed by atoms with van der Waals surface area (Å²) in [5.41, 5.74) is 0.751. The summed E-state index contributed by atoms with van der Waals surface area (Å²) in [5.74, 6) is -0.261. The monoisotopic (exact) mass is 257 g/mol. The molecule has 0 bridgehead atoms. The number of anilines is 1. The van der Waals surface area contributed by atoms with E-state index in [4.69, 9.17) is 0 Å². The second kappa shape index (κ2) is 6.56. The lowest BCUT2D eigenvalue weighted by molar-refractivity contribution is -0.139. The Morgan fingerprint density at radius 3 is 2.94 bits per heavy atom. The van der Waals surface area contributed by atoms with Gasteiger partial charge in [0.2, 0.25) is 0 Å². The minimum Gasteiger partial charge on any atom is -0.469 e. The van der Waals surface area contributed by atoms with E-state index in [-0.39, 0.29) is 12.4 Å². The molecule has 5 nitrogen and oxygen atoms in total. The second-order valence-electron chi connectivity index (χ2n) is 4.20. The van der Waals surface area contributed by atoms with Crippen LogP contribution in [0.1, 0.15) is 12.6 Å². The number of likely N-dealkylation sites (N-methyl/N-ethyl adjacent to an activating group) is 1. The van der Waals surface area contributed by atoms with Crippen molar-refractivity contribution in [3.63, 3.8) is 0 Å². The molecule has 1 heterocycles. The van der Waals surface area contributed by atoms with Crippen molar-refractivity contribution in [3.8, 4) is 0 Å². The summed E-state index contributed by atoms with van der Waals surface area (Å²) >= 11 is 1.51. The van der Waals surface area contributed by atoms with Crippen LogP contribution in [-0.2, 0) is 16.0 Å². The van der Waals surface area contributed by atoms with Crippen LogP contribution in [-0.4, -0.2) is 49.6 Å². The molecule has 0 amide bonds. The summed E-state index contributed by atoms with van der Waals surface area (Å²) in [6.45, 7) is 3.04. The van der Waals surface area contributed by atoms with Crippen LogP contribution in [0.25, 0.3) is 0 Å². The van der Waals surface area contributed by atoms with E-state index in [1.54, 1.807) is 0 Å². The first kappa shape index (κ1) is 13.9. The van der Waals surface area contributed by atoms with E-state index >= 15 is 0 Å². The third-order valence-corrected chi connectivity index (χ3v) is 2.94. The Balaban J connectivity index is 2.48. The van der Waals surface area contributed by atoms with Gasteiger partial charge >= 0.3 is 5.97 Å². The zero-order valence-corrected chi connectivity index (χ0v) is 11.5. The Morgan fingerprint density at radius 2 is 2.35 bits per heavy atom. The maximum Gasteiger partial charge on any atom is 0.311 e. The number of aromatic nitrogens is 1. The van der Waals surface area contributed by atoms with Crippen LogP contribution in [0.3, 0.4) is 0 Å². The van der Waals surface area contributed by atoms with E-state index < -0.39 is 0 Å². The first-order valence-corrected chi connectivity index (χ1v) is 6.31. The summed E-state index contributed by atoms with van der Waals surface area (Å²) < 4.78 is 4.60. The highest BCUT2D eigenvalue weighted by molar-refractivity contribution is 7.13. The first-order chi connectivity index (χ1) is 8.01. The topological polar surface area (TPSA) is 54.5 Å². The SMILES string of the molecule is COC(=O)Cc1csc(NC(C)CN(C)C)n1. The summed E-state index contributed by atoms with van der Waals surface area (Å²) in [6.07, 6.45) is 0.233. The molecular weight excluding hydrogens is 238 g/mol. The number of rotatable bonds is 6. The number of nitrogens with zero attached hydrogens (tertiary/aromatic N) is 2. The average molecular weight is 257 g/mol. The quantitative estimate of drug-likeness (QED) is 0.777. The molecule has 0 spiro atoms. The minimum absolute atomic E-state index is 0.233. The van der Waals surface area contributed by atoms with Gasteiger partial charge in [0, 0.05) is 18.0 Å². The second-order valence-corrected chi connectivity index (χ2v) is 5.06. The van der Waals surface area contributed by atoms with Gasteiger partial charge < -0.3 is 15.0 Å². The minimum atomic E-state index is -0.261. The van der Waals surface area contributed by atoms with Crippen molar-refractivity contribution < 1.29 is 9.53 Å². The molecule has 0 saturated heterocycles. The van der Waals surface area contributed by atoms with Gasteiger partial charge in [0.15, 0.2) is 5.13 Å². The van der Waals surface area contributed by atoms with Gasteiger partial charge in [-0.05, 0) is 21.0 Å². The third-order valence-electron chi connectivity index (χ3n) is 2.11. The Morgan fingerprint density at radius 1 is 1.65 bits per heavy atom. The molecule has 0 radical (unpaired) electrons. The number of nitrogens with one attached hydrogen (secondary N) is 1. The van der Waals surface area contributed by atoms with Crippen molar-refractivity contribution in [2.24, 2.45) is 0 Å². The smallest absolute Gasteiger partial charge is 0.311 e. The van der Waals surface area contributed by atoms with Crippen molar-refractivity contribution in [1.29, 1.82) is 0 Å². The Hall–Kier alpha value is -1.14. The molecule has 1 aromatic heterocycles. The van der Waals surface area contributed by atoms with E-state index in [2.05, 4.69) is 26.9 Å². The van der Waals surface area contributed by atoms with E-state index in [0.717, 1.165) is 17.4 Å². The summed E-state index contributed by atoms with van der Waals surface area (Å²) in [4.78, 5) is 17.5. The highest BCUT2D eigenvalue weighted by Gasteiger charge is 2.09. The van der Waals surface area contributed by atoms with Crippen molar-refractivity contribution in [1.82, 2.24) is 9.88 Å². The number of carbonyl (C=O) groups is 1. The van der Waals surface area contributed by atoms with Crippen LogP contribution in [0, 0.1) is 0 Å². The van der Waals surface area contributed by atoms with Gasteiger partial charge in [0.25, 0.3) is 0 Å². The largest absolute Gasteiger partial charge is 0.469 e. The molecule has 0 aliphatic carbocycles. The fourth-order valence-electron chi connectivity index (χ4n) is 1.48. The molecule has 1 N–H and O–H groups in total. The van der Waals surface area contributed by atoms with Gasteiger partial charge in [-0.1, -0.05) is 0 Å². The molecule has 1 atom stereocenters. The fourth-order valence-corrected chi connectivity index (χ4v) is 2.30. The molecule has 0 saturated carbocycles. The fraction of sp³-hybridized carbons (Fsp3) is 0.636. The van der Waals surface area contributed by atoms with Crippen molar-refractivity contribution in [2.75, 3.05) is 33.1 Å². The number of hydrogen-bond donors (Lipinski definition) is 1. The van der Waals surface area contributed by atoms with Gasteiger partial charge in [-0.2, -0.15) is 0 Å². The average Bonchev–Trinajstić information content (AvgIpc) is 2.63. The maximum atomic E-state index is 11.1. The summed E-state index contributed by atoms with van der Waals surface area (Å²) in [7, 11) is 5.44. The lowest BCUT2D eigenvalue weighted by Crippen LogP contribution is -2.29. The predicted molar refractivity (Wildman–Crippen MR) is 69.5 cm³/mol. The Bertz CT molecular complexity index is 365. The summed E-state index contributed by atoms with van der Waals surface area (Å²) in [6, 6.07) is 0.321. The van der Waals surface area contributed by atoms with Crippen LogP contribution in [0.15, 0.2) is 5.38 Å². The molecular formula is C11H19N3O2S. The van der Waals surface area contributed by atoms with Crippen LogP contribution < -0.4 is 5.32 Å². The normalized spacial score (nSPS) is 12.5. The van der Waals surface area contributed by atoms with Gasteiger partial charge in [-0.3, -0.25) is 4.79 Å². The van der Waals surface area contributed by atoms with Crippen LogP contribution in [0.5, 0.6) is 0 Å². The van der Waals surface area contributed by atoms with Crippen molar-refractivity contribution >= 4 is 22.4 Å². The maximum absolute atomic E-state index is 11.1. The standard InChI is InChI=1S/C11H19N3O2S/c1-8(6-14(2)3)12-11-13-9(7-17-11)5-10(15)16-4/h7-8H,5-6H2,1-4H3,(H,12,13). The molecule has 17 heavy (non-hydrogen) atoms. The van der Waals surface area contributed by atoms with Gasteiger partial charge in [-0.25, -0.2) is 4.98 Å². The first-order valence-electron chi connectivity index (χ1n) is 5.43. The lowest BCUT2D eigenvalue weighted by atomic mass is 10.3. The van der Waals surface area contributed by atoms with Gasteiger partial charge in [-0.15, -0.1) is 11.3 Å². The number of ether oxygens (including phenoxy) is 1. The van der Waals surface area contributed by atoms with E-state index in [1.807, 2.05) is 19.5 Å². The zero-order valence-electron chi connectivity index (χ0n) is 10.7. The van der Waals surface area contributed by atoms with Crippen molar-refractivity contribution in [2.45, 2.75) is 19.4 Å². The molecule has 96 valence electrons. The lowest BCUT2D eigenvalue weighted by Gasteiger charge is -2.17. The highest BCUT2D eigenvalue weighted by atomic mass is 32.1. The van der Waals surface area contributed by atoms with Crippen LogP contribution in [0.4, 0.5) is 5.13 Å². The number of esters is 1. The van der Waals surface area contributed by atoms with Gasteiger partial charge in [0.05, 0.1) is 19.2 Å². The number of methoxy groups -OCH3 is 1. The zero-order chi connectivity index (χ0) is 12.8. The molecule has 1 aromatic rings. The van der Waals surface area contributed by atoms with Gasteiger partial charge in [0.1, 0.15) is 0 Å². The van der Waals surface area contributed by atoms with Crippen LogP contribution in [0.2, 0.25) is 0 Å². The number of carbonyl (C=O) groups excluding carboxylic acids is 1. The molecule has 1 unspecified atom stereocenters. The molecule has 6 heteroatoms. The summed E-state index contributed by atoms with van der Waals surface area (Å²) in [5, 5.41) is 6.02. The molecule has 0 aromatic carbocycles. The Labute approximate surface area is 106 Å². The number of thiazole rings is 1. The molecule has 0 fully saturated rings. The predicted octanol–water partition coefficient (Wildman–Crippen LogP) is 1.22. The van der Waals surface area contributed by atoms with E-state index in [9.17, 15) is 4.79 Å². The molecule has 0 aliphatic heterocycles. The Kier molecular flexibility index (Phi) is 5.37. The number of hydrogen-bond acceptors (Lipinski definition) is 6.